The van der Waals surface area contributed by atoms with Crippen molar-refractivity contribution >= 4 is 42.1 Å². The summed E-state index contributed by atoms with van der Waals surface area (Å²) in [6.45, 7) is 5.64. The standard InChI is InChI=1S/C17H16BN6O3/c1-3-12(9-8-11(2)24-17(18-27)20-21-22-24)23-14-7-5-4-6-13(14)19-15(25)10-16(23)26/h3-9,27H,2,10H2,1H3,(H,19,25)/b9-8-,12-3+. The highest BCUT2D eigenvalue weighted by molar-refractivity contribution is 6.43. The fourth-order valence-electron chi connectivity index (χ4n) is 2.63. The summed E-state index contributed by atoms with van der Waals surface area (Å²) in [4.78, 5) is 26.1. The minimum atomic E-state index is -0.365. The number of rotatable bonds is 5. The lowest BCUT2D eigenvalue weighted by Gasteiger charge is -2.23. The van der Waals surface area contributed by atoms with Gasteiger partial charge in [0.25, 0.3) is 0 Å². The molecule has 2 amide bonds. The smallest absolute Gasteiger partial charge is 0.378 e. The summed E-state index contributed by atoms with van der Waals surface area (Å²) in [6.07, 6.45) is 4.74. The van der Waals surface area contributed by atoms with Crippen molar-refractivity contribution in [1.29, 1.82) is 0 Å². The lowest BCUT2D eigenvalue weighted by molar-refractivity contribution is -0.124. The second-order valence-electron chi connectivity index (χ2n) is 5.59. The predicted octanol–water partition coefficient (Wildman–Crippen LogP) is 0.216. The number of hydrogen-bond acceptors (Lipinski definition) is 6. The van der Waals surface area contributed by atoms with E-state index in [2.05, 4.69) is 27.4 Å². The average molecular weight is 363 g/mol. The number of fused-ring (bicyclic) bond motifs is 1. The number of allylic oxidation sites excluding steroid dienone is 4. The minimum Gasteiger partial charge on any atom is -0.447 e. The van der Waals surface area contributed by atoms with E-state index in [1.807, 2.05) is 0 Å². The molecule has 0 spiro atoms. The maximum atomic E-state index is 12.7. The number of hydrogen-bond donors (Lipinski definition) is 2. The van der Waals surface area contributed by atoms with Crippen LogP contribution in [0.25, 0.3) is 5.70 Å². The van der Waals surface area contributed by atoms with Crippen LogP contribution in [-0.4, -0.2) is 44.5 Å². The average Bonchev–Trinajstić information content (AvgIpc) is 3.09. The SMILES string of the molecule is C=C(/C=C\C(=C/C)N1C(=O)CC(=O)Nc2ccccc21)n1nnnc1[B]O. The normalized spacial score (nSPS) is 14.7. The zero-order valence-electron chi connectivity index (χ0n) is 14.5. The summed E-state index contributed by atoms with van der Waals surface area (Å²) >= 11 is 0. The van der Waals surface area contributed by atoms with Gasteiger partial charge in [-0.05, 0) is 41.6 Å². The lowest BCUT2D eigenvalue weighted by atomic mass is 10.0. The maximum absolute atomic E-state index is 12.7. The number of carbonyl (C=O) groups excluding carboxylic acids is 2. The zero-order chi connectivity index (χ0) is 19.4. The Bertz CT molecular complexity index is 965. The molecular weight excluding hydrogens is 347 g/mol. The molecule has 0 saturated heterocycles. The lowest BCUT2D eigenvalue weighted by Crippen LogP contribution is -2.30. The summed E-state index contributed by atoms with van der Waals surface area (Å²) in [5.74, 6) is -0.719. The topological polar surface area (TPSA) is 113 Å². The van der Waals surface area contributed by atoms with Crippen molar-refractivity contribution in [3.63, 3.8) is 0 Å². The van der Waals surface area contributed by atoms with Crippen LogP contribution >= 0.6 is 0 Å². The van der Waals surface area contributed by atoms with Crippen LogP contribution in [0.15, 0.2) is 54.8 Å². The Kier molecular flexibility index (Phi) is 5.27. The van der Waals surface area contributed by atoms with Crippen molar-refractivity contribution in [2.24, 2.45) is 0 Å². The molecule has 1 aromatic heterocycles. The van der Waals surface area contributed by atoms with Crippen LogP contribution in [0.3, 0.4) is 0 Å². The van der Waals surface area contributed by atoms with Crippen molar-refractivity contribution in [3.05, 3.63) is 54.8 Å². The molecule has 1 aliphatic rings. The first-order chi connectivity index (χ1) is 13.0. The molecular formula is C17H16BN6O3. The molecule has 1 aliphatic heterocycles. The number of anilines is 2. The highest BCUT2D eigenvalue weighted by Crippen LogP contribution is 2.32. The van der Waals surface area contributed by atoms with Gasteiger partial charge < -0.3 is 10.3 Å². The number of benzene rings is 1. The van der Waals surface area contributed by atoms with Crippen LogP contribution in [0.5, 0.6) is 0 Å². The van der Waals surface area contributed by atoms with Gasteiger partial charge in [-0.3, -0.25) is 14.5 Å². The molecule has 1 radical (unpaired) electrons. The van der Waals surface area contributed by atoms with Gasteiger partial charge in [0, 0.05) is 5.70 Å². The fourth-order valence-corrected chi connectivity index (χ4v) is 2.63. The summed E-state index contributed by atoms with van der Waals surface area (Å²) in [5.41, 5.74) is 2.18. The first-order valence-electron chi connectivity index (χ1n) is 8.06. The highest BCUT2D eigenvalue weighted by Gasteiger charge is 2.27. The van der Waals surface area contributed by atoms with Gasteiger partial charge in [0.15, 0.2) is 0 Å². The number of aromatic nitrogens is 4. The Hall–Kier alpha value is -3.53. The quantitative estimate of drug-likeness (QED) is 0.446. The molecule has 0 saturated carbocycles. The summed E-state index contributed by atoms with van der Waals surface area (Å²) in [6, 6.07) is 7.06. The van der Waals surface area contributed by atoms with Crippen molar-refractivity contribution in [2.75, 3.05) is 10.2 Å². The third kappa shape index (κ3) is 3.70. The minimum absolute atomic E-state index is 0.123. The molecule has 1 aromatic carbocycles. The van der Waals surface area contributed by atoms with Crippen molar-refractivity contribution in [2.45, 2.75) is 13.3 Å². The van der Waals surface area contributed by atoms with Crippen LogP contribution in [0.1, 0.15) is 13.3 Å². The Morgan fingerprint density at radius 1 is 1.33 bits per heavy atom. The van der Waals surface area contributed by atoms with Gasteiger partial charge in [-0.2, -0.15) is 0 Å². The van der Waals surface area contributed by atoms with Crippen LogP contribution in [0, 0.1) is 0 Å². The second kappa shape index (κ2) is 7.79. The van der Waals surface area contributed by atoms with Gasteiger partial charge in [0.05, 0.1) is 17.1 Å². The van der Waals surface area contributed by atoms with Gasteiger partial charge in [0.2, 0.25) is 11.8 Å². The Morgan fingerprint density at radius 2 is 2.11 bits per heavy atom. The summed E-state index contributed by atoms with van der Waals surface area (Å²) in [7, 11) is 0.765. The van der Waals surface area contributed by atoms with Gasteiger partial charge in [-0.15, -0.1) is 5.10 Å². The van der Waals surface area contributed by atoms with Crippen LogP contribution in [0.2, 0.25) is 0 Å². The molecule has 135 valence electrons. The molecule has 0 fully saturated rings. The van der Waals surface area contributed by atoms with Crippen LogP contribution in [-0.2, 0) is 9.59 Å². The third-order valence-corrected chi connectivity index (χ3v) is 3.86. The van der Waals surface area contributed by atoms with E-state index >= 15 is 0 Å². The number of para-hydroxylation sites is 2. The second-order valence-corrected chi connectivity index (χ2v) is 5.59. The van der Waals surface area contributed by atoms with Gasteiger partial charge >= 0.3 is 7.48 Å². The van der Waals surface area contributed by atoms with E-state index < -0.39 is 0 Å². The Labute approximate surface area is 155 Å². The molecule has 2 heterocycles. The fraction of sp³-hybridized carbons (Fsp3) is 0.118. The molecule has 9 nitrogen and oxygen atoms in total. The maximum Gasteiger partial charge on any atom is 0.378 e. The van der Waals surface area contributed by atoms with Crippen molar-refractivity contribution in [3.8, 4) is 0 Å². The molecule has 0 aliphatic carbocycles. The summed E-state index contributed by atoms with van der Waals surface area (Å²) in [5, 5.41) is 22.7. The van der Waals surface area contributed by atoms with E-state index in [0.717, 1.165) is 7.48 Å². The Balaban J connectivity index is 1.94. The van der Waals surface area contributed by atoms with Gasteiger partial charge in [0.1, 0.15) is 12.1 Å². The first kappa shape index (κ1) is 18.3. The van der Waals surface area contributed by atoms with E-state index in [-0.39, 0.29) is 24.0 Å². The largest absolute Gasteiger partial charge is 0.447 e. The van der Waals surface area contributed by atoms with Crippen molar-refractivity contribution in [1.82, 2.24) is 20.2 Å². The number of nitrogens with zero attached hydrogens (tertiary/aromatic N) is 5. The molecule has 0 unspecified atom stereocenters. The number of tetrazole rings is 1. The third-order valence-electron chi connectivity index (χ3n) is 3.86. The molecule has 0 bridgehead atoms. The van der Waals surface area contributed by atoms with Gasteiger partial charge in [-0.25, -0.2) is 4.68 Å². The summed E-state index contributed by atoms with van der Waals surface area (Å²) < 4.78 is 1.24. The molecule has 10 heteroatoms. The molecule has 27 heavy (non-hydrogen) atoms. The molecule has 2 aromatic rings. The monoisotopic (exact) mass is 363 g/mol. The predicted molar refractivity (Wildman–Crippen MR) is 101 cm³/mol. The Morgan fingerprint density at radius 3 is 2.85 bits per heavy atom. The highest BCUT2D eigenvalue weighted by atomic mass is 16.2. The molecule has 2 N–H and O–H groups in total. The number of nitrogens with one attached hydrogen (secondary N) is 1. The first-order valence-corrected chi connectivity index (χ1v) is 8.06. The van der Waals surface area contributed by atoms with E-state index in [1.54, 1.807) is 49.4 Å². The van der Waals surface area contributed by atoms with E-state index in [1.165, 1.54) is 9.58 Å². The van der Waals surface area contributed by atoms with Crippen LogP contribution in [0.4, 0.5) is 11.4 Å². The van der Waals surface area contributed by atoms with E-state index in [4.69, 9.17) is 5.02 Å². The number of carbonyl (C=O) groups is 2. The van der Waals surface area contributed by atoms with Gasteiger partial charge in [-0.1, -0.05) is 24.8 Å². The van der Waals surface area contributed by atoms with E-state index in [9.17, 15) is 9.59 Å². The van der Waals surface area contributed by atoms with E-state index in [0.29, 0.717) is 22.8 Å². The van der Waals surface area contributed by atoms with Crippen molar-refractivity contribution < 1.29 is 14.6 Å². The molecule has 0 atom stereocenters. The van der Waals surface area contributed by atoms with Crippen LogP contribution < -0.4 is 15.9 Å². The number of amides is 2. The zero-order valence-corrected chi connectivity index (χ0v) is 14.5. The molecule has 3 rings (SSSR count).